The van der Waals surface area contributed by atoms with Gasteiger partial charge in [-0.3, -0.25) is 0 Å². The minimum Gasteiger partial charge on any atom is -0.362 e. The second-order valence-corrected chi connectivity index (χ2v) is 6.41. The van der Waals surface area contributed by atoms with E-state index < -0.39 is 0 Å². The zero-order valence-electron chi connectivity index (χ0n) is 13.9. The van der Waals surface area contributed by atoms with E-state index in [2.05, 4.69) is 73.3 Å². The average molecular weight is 329 g/mol. The predicted molar refractivity (Wildman–Crippen MR) is 101 cm³/mol. The summed E-state index contributed by atoms with van der Waals surface area (Å²) in [6.07, 6.45) is 0.975. The van der Waals surface area contributed by atoms with E-state index in [1.54, 1.807) is 0 Å². The van der Waals surface area contributed by atoms with Crippen LogP contribution in [-0.4, -0.2) is 25.8 Å². The van der Waals surface area contributed by atoms with Crippen LogP contribution in [0.2, 0.25) is 0 Å². The van der Waals surface area contributed by atoms with Crippen LogP contribution in [-0.2, 0) is 19.5 Å². The predicted octanol–water partition coefficient (Wildman–Crippen LogP) is 1.54. The molecule has 0 aliphatic rings. The molecule has 0 heterocycles. The largest absolute Gasteiger partial charge is 0.362 e. The second-order valence-electron chi connectivity index (χ2n) is 6.00. The van der Waals surface area contributed by atoms with E-state index in [4.69, 9.17) is 12.2 Å². The molecular formula is C19H26N3S+. The highest BCUT2D eigenvalue weighted by Gasteiger charge is 2.05. The third-order valence-corrected chi connectivity index (χ3v) is 3.93. The number of benzene rings is 2. The highest BCUT2D eigenvalue weighted by atomic mass is 32.1. The molecule has 0 saturated carbocycles. The number of quaternary nitrogens is 1. The summed E-state index contributed by atoms with van der Waals surface area (Å²) < 4.78 is 0. The van der Waals surface area contributed by atoms with E-state index >= 15 is 0 Å². The Bertz CT molecular complexity index is 611. The Balaban J connectivity index is 1.76. The molecule has 2 rings (SSSR count). The summed E-state index contributed by atoms with van der Waals surface area (Å²) >= 11 is 5.37. The van der Waals surface area contributed by atoms with Gasteiger partial charge in [0.25, 0.3) is 0 Å². The van der Waals surface area contributed by atoms with Crippen molar-refractivity contribution in [1.29, 1.82) is 0 Å². The molecule has 0 amide bonds. The van der Waals surface area contributed by atoms with Gasteiger partial charge in [0, 0.05) is 18.7 Å². The van der Waals surface area contributed by atoms with Crippen molar-refractivity contribution in [2.75, 3.05) is 20.6 Å². The van der Waals surface area contributed by atoms with E-state index in [-0.39, 0.29) is 0 Å². The van der Waals surface area contributed by atoms with Gasteiger partial charge >= 0.3 is 0 Å². The molecule has 3 nitrogen and oxygen atoms in total. The number of nitrogens with one attached hydrogen (secondary N) is 3. The van der Waals surface area contributed by atoms with Gasteiger partial charge in [-0.05, 0) is 29.8 Å². The smallest absolute Gasteiger partial charge is 0.166 e. The Hall–Kier alpha value is -1.91. The van der Waals surface area contributed by atoms with Crippen molar-refractivity contribution >= 4 is 17.3 Å². The van der Waals surface area contributed by atoms with Crippen LogP contribution in [0.1, 0.15) is 16.7 Å². The summed E-state index contributed by atoms with van der Waals surface area (Å²) in [5.74, 6) is 0. The van der Waals surface area contributed by atoms with Crippen molar-refractivity contribution in [1.82, 2.24) is 10.6 Å². The summed E-state index contributed by atoms with van der Waals surface area (Å²) in [6, 6.07) is 19.0. The minimum absolute atomic E-state index is 0.716. The van der Waals surface area contributed by atoms with Crippen molar-refractivity contribution in [3.05, 3.63) is 71.3 Å². The zero-order chi connectivity index (χ0) is 16.5. The molecule has 23 heavy (non-hydrogen) atoms. The summed E-state index contributed by atoms with van der Waals surface area (Å²) in [6.45, 7) is 2.63. The molecule has 0 spiro atoms. The topological polar surface area (TPSA) is 28.5 Å². The Morgan fingerprint density at radius 2 is 1.57 bits per heavy atom. The molecule has 0 radical (unpaired) electrons. The Morgan fingerprint density at radius 3 is 2.26 bits per heavy atom. The maximum absolute atomic E-state index is 5.37. The second kappa shape index (κ2) is 9.28. The van der Waals surface area contributed by atoms with E-state index in [9.17, 15) is 0 Å². The first-order valence-corrected chi connectivity index (χ1v) is 8.47. The number of hydrogen-bond acceptors (Lipinski definition) is 1. The molecule has 3 N–H and O–H groups in total. The Kier molecular flexibility index (Phi) is 7.04. The summed E-state index contributed by atoms with van der Waals surface area (Å²) in [5, 5.41) is 7.30. The number of thiocarbonyl (C=S) groups is 1. The molecule has 0 bridgehead atoms. The van der Waals surface area contributed by atoms with Gasteiger partial charge < -0.3 is 15.5 Å². The van der Waals surface area contributed by atoms with Crippen molar-refractivity contribution < 1.29 is 4.90 Å². The van der Waals surface area contributed by atoms with E-state index in [0.717, 1.165) is 26.1 Å². The first kappa shape index (κ1) is 17.4. The SMILES string of the molecule is C[NH+](C)Cc1ccccc1CNC(=S)NCCc1ccccc1. The van der Waals surface area contributed by atoms with Gasteiger partial charge in [0.15, 0.2) is 5.11 Å². The summed E-state index contributed by atoms with van der Waals surface area (Å²) in [4.78, 5) is 1.42. The molecule has 2 aromatic carbocycles. The van der Waals surface area contributed by atoms with Crippen molar-refractivity contribution in [3.8, 4) is 0 Å². The van der Waals surface area contributed by atoms with Gasteiger partial charge in [-0.2, -0.15) is 0 Å². The lowest BCUT2D eigenvalue weighted by Gasteiger charge is -2.14. The molecule has 0 aliphatic heterocycles. The number of hydrogen-bond donors (Lipinski definition) is 3. The Labute approximate surface area is 144 Å². The molecule has 0 fully saturated rings. The van der Waals surface area contributed by atoms with Gasteiger partial charge in [0.1, 0.15) is 6.54 Å². The van der Waals surface area contributed by atoms with Crippen LogP contribution in [0, 0.1) is 0 Å². The first-order valence-electron chi connectivity index (χ1n) is 8.06. The summed E-state index contributed by atoms with van der Waals surface area (Å²) in [7, 11) is 4.33. The first-order chi connectivity index (χ1) is 11.1. The molecule has 2 aromatic rings. The summed E-state index contributed by atoms with van der Waals surface area (Å²) in [5.41, 5.74) is 4.00. The van der Waals surface area contributed by atoms with Crippen LogP contribution in [0.25, 0.3) is 0 Å². The van der Waals surface area contributed by atoms with Gasteiger partial charge in [0.2, 0.25) is 0 Å². The van der Waals surface area contributed by atoms with Crippen molar-refractivity contribution in [2.45, 2.75) is 19.5 Å². The lowest BCUT2D eigenvalue weighted by Crippen LogP contribution is -3.04. The molecule has 0 atom stereocenters. The maximum atomic E-state index is 5.37. The monoisotopic (exact) mass is 328 g/mol. The van der Waals surface area contributed by atoms with Crippen LogP contribution in [0.15, 0.2) is 54.6 Å². The molecular weight excluding hydrogens is 302 g/mol. The van der Waals surface area contributed by atoms with Crippen LogP contribution >= 0.6 is 12.2 Å². The third kappa shape index (κ3) is 6.38. The lowest BCUT2D eigenvalue weighted by atomic mass is 10.1. The van der Waals surface area contributed by atoms with Crippen LogP contribution in [0.4, 0.5) is 0 Å². The van der Waals surface area contributed by atoms with Crippen LogP contribution < -0.4 is 15.5 Å². The lowest BCUT2D eigenvalue weighted by molar-refractivity contribution is -0.872. The van der Waals surface area contributed by atoms with Gasteiger partial charge in [0.05, 0.1) is 14.1 Å². The normalized spacial score (nSPS) is 10.6. The fourth-order valence-corrected chi connectivity index (χ4v) is 2.66. The van der Waals surface area contributed by atoms with Gasteiger partial charge in [-0.15, -0.1) is 0 Å². The highest BCUT2D eigenvalue weighted by Crippen LogP contribution is 2.07. The van der Waals surface area contributed by atoms with Gasteiger partial charge in [-0.1, -0.05) is 54.6 Å². The minimum atomic E-state index is 0.716. The van der Waals surface area contributed by atoms with Crippen molar-refractivity contribution in [3.63, 3.8) is 0 Å². The standard InChI is InChI=1S/C19H25N3S/c1-22(2)15-18-11-7-6-10-17(18)14-21-19(23)20-13-12-16-8-4-3-5-9-16/h3-11H,12-15H2,1-2H3,(H2,20,21,23)/p+1. The zero-order valence-corrected chi connectivity index (χ0v) is 14.7. The highest BCUT2D eigenvalue weighted by molar-refractivity contribution is 7.80. The maximum Gasteiger partial charge on any atom is 0.166 e. The molecule has 0 aromatic heterocycles. The van der Waals surface area contributed by atoms with E-state index in [1.165, 1.54) is 21.6 Å². The third-order valence-electron chi connectivity index (χ3n) is 3.64. The molecule has 0 aliphatic carbocycles. The van der Waals surface area contributed by atoms with Gasteiger partial charge in [-0.25, -0.2) is 0 Å². The quantitative estimate of drug-likeness (QED) is 0.674. The molecule has 0 unspecified atom stereocenters. The molecule has 0 saturated heterocycles. The van der Waals surface area contributed by atoms with Crippen LogP contribution in [0.3, 0.4) is 0 Å². The van der Waals surface area contributed by atoms with E-state index in [0.29, 0.717) is 5.11 Å². The fraction of sp³-hybridized carbons (Fsp3) is 0.316. The Morgan fingerprint density at radius 1 is 0.913 bits per heavy atom. The van der Waals surface area contributed by atoms with E-state index in [1.807, 2.05) is 6.07 Å². The van der Waals surface area contributed by atoms with Crippen molar-refractivity contribution in [2.24, 2.45) is 0 Å². The fourth-order valence-electron chi connectivity index (χ4n) is 2.49. The molecule has 4 heteroatoms. The average Bonchev–Trinajstić information content (AvgIpc) is 2.54. The molecule has 122 valence electrons. The number of rotatable bonds is 7. The van der Waals surface area contributed by atoms with Crippen LogP contribution in [0.5, 0.6) is 0 Å².